The third-order valence-corrected chi connectivity index (χ3v) is 10.4. The Morgan fingerprint density at radius 2 is 1.69 bits per heavy atom. The Hall–Kier alpha value is -5.87. The van der Waals surface area contributed by atoms with Gasteiger partial charge in [-0.25, -0.2) is 9.78 Å². The molecule has 288 valence electrons. The van der Waals surface area contributed by atoms with Gasteiger partial charge in [-0.2, -0.15) is 9.61 Å². The van der Waals surface area contributed by atoms with Crippen LogP contribution in [0.5, 0.6) is 0 Å². The first kappa shape index (κ1) is 37.4. The summed E-state index contributed by atoms with van der Waals surface area (Å²) in [6, 6.07) is 13.4. The van der Waals surface area contributed by atoms with Gasteiger partial charge < -0.3 is 26.0 Å². The van der Waals surface area contributed by atoms with Crippen LogP contribution >= 0.6 is 0 Å². The smallest absolute Gasteiger partial charge is 0.321 e. The predicted molar refractivity (Wildman–Crippen MR) is 205 cm³/mol. The lowest BCUT2D eigenvalue weighted by Crippen LogP contribution is -2.54. The van der Waals surface area contributed by atoms with Crippen LogP contribution in [0.15, 0.2) is 54.7 Å². The summed E-state index contributed by atoms with van der Waals surface area (Å²) >= 11 is 0. The molecule has 0 radical (unpaired) electrons. The van der Waals surface area contributed by atoms with Crippen molar-refractivity contribution in [2.45, 2.75) is 71.1 Å². The Labute approximate surface area is 318 Å². The molecule has 6 amide bonds. The monoisotopic (exact) mass is 750 g/mol. The number of nitrogens with one attached hydrogen (secondary N) is 4. The van der Waals surface area contributed by atoms with Crippen LogP contribution in [-0.4, -0.2) is 109 Å². The molecule has 2 fully saturated rings. The molecule has 1 unspecified atom stereocenters. The summed E-state index contributed by atoms with van der Waals surface area (Å²) in [5, 5.41) is 26.3. The zero-order valence-corrected chi connectivity index (χ0v) is 31.2. The molecule has 2 aromatic heterocycles. The molecule has 16 nitrogen and oxygen atoms in total. The van der Waals surface area contributed by atoms with Crippen molar-refractivity contribution < 1.29 is 29.1 Å². The second kappa shape index (κ2) is 15.8. The van der Waals surface area contributed by atoms with Crippen LogP contribution in [0, 0.1) is 0 Å². The van der Waals surface area contributed by atoms with E-state index in [4.69, 9.17) is 4.98 Å². The summed E-state index contributed by atoms with van der Waals surface area (Å²) in [5.74, 6) is -0.443. The first-order valence-electron chi connectivity index (χ1n) is 18.7. The number of piperazine rings is 1. The van der Waals surface area contributed by atoms with Crippen molar-refractivity contribution >= 4 is 52.6 Å². The molecular weight excluding hydrogens is 704 g/mol. The van der Waals surface area contributed by atoms with Crippen molar-refractivity contribution in [2.24, 2.45) is 0 Å². The molecular formula is C39H46N10O6. The normalized spacial score (nSPS) is 18.2. The van der Waals surface area contributed by atoms with E-state index in [1.807, 2.05) is 49.5 Å². The summed E-state index contributed by atoms with van der Waals surface area (Å²) in [6.45, 7) is 9.53. The fourth-order valence-electron chi connectivity index (χ4n) is 7.16. The van der Waals surface area contributed by atoms with E-state index in [1.54, 1.807) is 21.5 Å². The standard InChI is InChI=1S/C39H46N10O6/c1-4-26(22-50)42-32-18-33(49-35(44-32)30(20-41-49)23(2)3)40-19-24-5-8-27(9-6-24)43-39(55)47-15-13-46(14-16-47)21-25-7-10-28-29(17-25)38(54)48(37(28)53)31-11-12-34(51)45-36(31)52/h5-10,17-18,20,23,26,31,40,50H,4,11-16,19,21-22H2,1-3H3,(H,42,44)(H,43,55)(H,45,51,52)/t26-,31?/m0/s1. The Morgan fingerprint density at radius 1 is 0.964 bits per heavy atom. The van der Waals surface area contributed by atoms with Crippen LogP contribution in [0.2, 0.25) is 0 Å². The first-order valence-corrected chi connectivity index (χ1v) is 18.7. The number of aromatic nitrogens is 3. The lowest BCUT2D eigenvalue weighted by atomic mass is 10.0. The topological polar surface area (TPSA) is 194 Å². The van der Waals surface area contributed by atoms with Gasteiger partial charge in [0.1, 0.15) is 17.7 Å². The van der Waals surface area contributed by atoms with E-state index < -0.39 is 29.7 Å². The number of aliphatic hydroxyl groups is 1. The lowest BCUT2D eigenvalue weighted by Gasteiger charge is -2.34. The number of imide groups is 2. The van der Waals surface area contributed by atoms with E-state index in [-0.39, 0.29) is 48.6 Å². The third kappa shape index (κ3) is 7.86. The molecule has 0 aliphatic carbocycles. The van der Waals surface area contributed by atoms with Gasteiger partial charge in [0.05, 0.1) is 30.0 Å². The van der Waals surface area contributed by atoms with E-state index >= 15 is 0 Å². The van der Waals surface area contributed by atoms with Gasteiger partial charge in [-0.3, -0.25) is 34.3 Å². The number of rotatable bonds is 12. The Bertz CT molecular complexity index is 2120. The highest BCUT2D eigenvalue weighted by atomic mass is 16.3. The van der Waals surface area contributed by atoms with Crippen LogP contribution in [-0.2, 0) is 22.7 Å². The Balaban J connectivity index is 0.910. The number of nitrogens with zero attached hydrogens (tertiary/aromatic N) is 6. The summed E-state index contributed by atoms with van der Waals surface area (Å²) in [6.07, 6.45) is 2.77. The van der Waals surface area contributed by atoms with Gasteiger partial charge in [-0.05, 0) is 54.2 Å². The number of amides is 6. The molecule has 5 N–H and O–H groups in total. The SMILES string of the molecule is CC[C@@H](CO)Nc1cc(NCc2ccc(NC(=O)N3CCN(Cc4ccc5c(c4)C(=O)N(C4CCC(=O)NC4=O)C5=O)CC3)cc2)n2ncc(C(C)C)c2n1. The van der Waals surface area contributed by atoms with Gasteiger partial charge in [0.15, 0.2) is 5.65 Å². The van der Waals surface area contributed by atoms with E-state index in [0.29, 0.717) is 50.8 Å². The second-order valence-electron chi connectivity index (χ2n) is 14.5. The third-order valence-electron chi connectivity index (χ3n) is 10.4. The summed E-state index contributed by atoms with van der Waals surface area (Å²) in [4.78, 5) is 73.1. The number of carbonyl (C=O) groups is 5. The van der Waals surface area contributed by atoms with E-state index in [2.05, 4.69) is 45.1 Å². The van der Waals surface area contributed by atoms with Gasteiger partial charge >= 0.3 is 6.03 Å². The minimum Gasteiger partial charge on any atom is -0.394 e. The van der Waals surface area contributed by atoms with Gasteiger partial charge in [-0.1, -0.05) is 39.0 Å². The lowest BCUT2D eigenvalue weighted by molar-refractivity contribution is -0.136. The van der Waals surface area contributed by atoms with Crippen molar-refractivity contribution in [3.05, 3.63) is 82.5 Å². The van der Waals surface area contributed by atoms with Crippen LogP contribution in [0.4, 0.5) is 22.1 Å². The highest BCUT2D eigenvalue weighted by Gasteiger charge is 2.44. The zero-order valence-electron chi connectivity index (χ0n) is 31.2. The molecule has 3 aliphatic rings. The quantitative estimate of drug-likeness (QED) is 0.133. The van der Waals surface area contributed by atoms with Gasteiger partial charge in [-0.15, -0.1) is 0 Å². The number of aliphatic hydroxyl groups excluding tert-OH is 1. The molecule has 0 spiro atoms. The van der Waals surface area contributed by atoms with Crippen molar-refractivity contribution in [3.8, 4) is 0 Å². The van der Waals surface area contributed by atoms with E-state index in [9.17, 15) is 29.1 Å². The van der Waals surface area contributed by atoms with Crippen LogP contribution in [0.25, 0.3) is 5.65 Å². The number of fused-ring (bicyclic) bond motifs is 2. The molecule has 2 saturated heterocycles. The molecule has 2 aromatic carbocycles. The molecule has 2 atom stereocenters. The molecule has 7 rings (SSSR count). The fraction of sp³-hybridized carbons (Fsp3) is 0.410. The minimum absolute atomic E-state index is 0.00332. The molecule has 55 heavy (non-hydrogen) atoms. The number of carbonyl (C=O) groups excluding carboxylic acids is 5. The maximum Gasteiger partial charge on any atom is 0.321 e. The number of benzene rings is 2. The predicted octanol–water partition coefficient (Wildman–Crippen LogP) is 3.40. The summed E-state index contributed by atoms with van der Waals surface area (Å²) in [7, 11) is 0. The molecule has 4 aromatic rings. The number of anilines is 3. The van der Waals surface area contributed by atoms with Gasteiger partial charge in [0, 0.05) is 63.0 Å². The fourth-order valence-corrected chi connectivity index (χ4v) is 7.16. The minimum atomic E-state index is -1.00. The highest BCUT2D eigenvalue weighted by molar-refractivity contribution is 6.23. The van der Waals surface area contributed by atoms with Crippen LogP contribution in [0.3, 0.4) is 0 Å². The number of urea groups is 1. The maximum atomic E-state index is 13.2. The molecule has 0 bridgehead atoms. The van der Waals surface area contributed by atoms with Crippen molar-refractivity contribution in [2.75, 3.05) is 48.7 Å². The van der Waals surface area contributed by atoms with Crippen molar-refractivity contribution in [1.82, 2.24) is 34.6 Å². The maximum absolute atomic E-state index is 13.2. The van der Waals surface area contributed by atoms with Crippen LogP contribution in [0.1, 0.15) is 83.4 Å². The molecule has 3 aliphatic heterocycles. The average molecular weight is 751 g/mol. The zero-order chi connectivity index (χ0) is 38.8. The van der Waals surface area contributed by atoms with E-state index in [1.165, 1.54) is 0 Å². The number of hydrogen-bond acceptors (Lipinski definition) is 11. The summed E-state index contributed by atoms with van der Waals surface area (Å²) < 4.78 is 1.79. The number of piperidine rings is 1. The van der Waals surface area contributed by atoms with Crippen molar-refractivity contribution in [1.29, 1.82) is 0 Å². The number of hydrogen-bond donors (Lipinski definition) is 5. The molecule has 16 heteroatoms. The van der Waals surface area contributed by atoms with Crippen LogP contribution < -0.4 is 21.3 Å². The molecule has 5 heterocycles. The van der Waals surface area contributed by atoms with E-state index in [0.717, 1.165) is 39.5 Å². The first-order chi connectivity index (χ1) is 26.5. The highest BCUT2D eigenvalue weighted by Crippen LogP contribution is 2.29. The van der Waals surface area contributed by atoms with Gasteiger partial charge in [0.25, 0.3) is 11.8 Å². The largest absolute Gasteiger partial charge is 0.394 e. The summed E-state index contributed by atoms with van der Waals surface area (Å²) in [5.41, 5.74) is 4.83. The Morgan fingerprint density at radius 3 is 2.38 bits per heavy atom. The van der Waals surface area contributed by atoms with Gasteiger partial charge in [0.2, 0.25) is 11.8 Å². The Kier molecular flexibility index (Phi) is 10.8. The van der Waals surface area contributed by atoms with Crippen molar-refractivity contribution in [3.63, 3.8) is 0 Å². The average Bonchev–Trinajstić information content (AvgIpc) is 3.72. The second-order valence-corrected chi connectivity index (χ2v) is 14.5. The molecule has 0 saturated carbocycles.